The molecule has 10 heteroatoms. The first kappa shape index (κ1) is 23.4. The smallest absolute Gasteiger partial charge is 0.416 e. The Hall–Kier alpha value is -2.88. The van der Waals surface area contributed by atoms with Crippen LogP contribution >= 0.6 is 11.3 Å². The number of nitrogens with one attached hydrogen (secondary N) is 1. The van der Waals surface area contributed by atoms with Crippen molar-refractivity contribution in [2.24, 2.45) is 0 Å². The molecule has 0 bridgehead atoms. The molecule has 2 aromatic heterocycles. The second-order valence-corrected chi connectivity index (χ2v) is 9.56. The van der Waals surface area contributed by atoms with Crippen LogP contribution < -0.4 is 16.0 Å². The van der Waals surface area contributed by atoms with Gasteiger partial charge in [0.2, 0.25) is 0 Å². The van der Waals surface area contributed by atoms with E-state index in [1.54, 1.807) is 65.9 Å². The molecule has 0 fully saturated rings. The third kappa shape index (κ3) is 7.51. The minimum Gasteiger partial charge on any atom is -0.444 e. The monoisotopic (exact) mass is 435 g/mol. The predicted molar refractivity (Wildman–Crippen MR) is 118 cm³/mol. The van der Waals surface area contributed by atoms with Crippen molar-refractivity contribution < 1.29 is 19.1 Å². The van der Waals surface area contributed by atoms with E-state index < -0.39 is 23.4 Å². The molecule has 0 saturated heterocycles. The van der Waals surface area contributed by atoms with Crippen molar-refractivity contribution in [1.82, 2.24) is 9.97 Å². The van der Waals surface area contributed by atoms with Gasteiger partial charge in [-0.05, 0) is 53.7 Å². The summed E-state index contributed by atoms with van der Waals surface area (Å²) in [6.07, 6.45) is 0.842. The fraction of sp³-hybridized carbons (Fsp3) is 0.500. The van der Waals surface area contributed by atoms with Crippen molar-refractivity contribution in [2.75, 3.05) is 22.5 Å². The van der Waals surface area contributed by atoms with Gasteiger partial charge in [-0.3, -0.25) is 10.2 Å². The maximum Gasteiger partial charge on any atom is 0.416 e. The fourth-order valence-corrected chi connectivity index (χ4v) is 3.10. The van der Waals surface area contributed by atoms with Crippen LogP contribution in [0.2, 0.25) is 0 Å². The number of pyridine rings is 1. The molecular formula is C20H29N5O4S. The zero-order valence-electron chi connectivity index (χ0n) is 18.2. The standard InChI is InChI=1S/C20H29N5O4S/c1-19(2,3)28-17(26)24-16-23-13(15(21)30-16)10-12-25(14-9-7-8-11-22-14)18(27)29-20(4,5)6/h7-9,11H,10,12,21H2,1-6H3,(H,23,24,26). The van der Waals surface area contributed by atoms with Crippen LogP contribution in [0.25, 0.3) is 0 Å². The SMILES string of the molecule is CC(C)(C)OC(=O)Nc1nc(CCN(C(=O)OC(C)(C)C)c2ccccn2)c(N)s1. The van der Waals surface area contributed by atoms with E-state index >= 15 is 0 Å². The van der Waals surface area contributed by atoms with Gasteiger partial charge in [0, 0.05) is 19.2 Å². The van der Waals surface area contributed by atoms with E-state index in [0.29, 0.717) is 28.1 Å². The Bertz CT molecular complexity index is 872. The van der Waals surface area contributed by atoms with Crippen LogP contribution in [0.5, 0.6) is 0 Å². The highest BCUT2D eigenvalue weighted by Crippen LogP contribution is 2.27. The number of thiazole rings is 1. The average Bonchev–Trinajstić information content (AvgIpc) is 2.92. The van der Waals surface area contributed by atoms with Crippen molar-refractivity contribution in [2.45, 2.75) is 59.2 Å². The Morgan fingerprint density at radius 1 is 1.13 bits per heavy atom. The third-order valence-electron chi connectivity index (χ3n) is 3.45. The van der Waals surface area contributed by atoms with E-state index in [9.17, 15) is 9.59 Å². The highest BCUT2D eigenvalue weighted by Gasteiger charge is 2.25. The number of carbonyl (C=O) groups is 2. The van der Waals surface area contributed by atoms with Crippen LogP contribution in [0.15, 0.2) is 24.4 Å². The summed E-state index contributed by atoms with van der Waals surface area (Å²) in [5.74, 6) is 0.465. The van der Waals surface area contributed by atoms with Crippen LogP contribution in [0.4, 0.5) is 25.5 Å². The fourth-order valence-electron chi connectivity index (χ4n) is 2.33. The summed E-state index contributed by atoms with van der Waals surface area (Å²) in [6.45, 7) is 11.0. The summed E-state index contributed by atoms with van der Waals surface area (Å²) in [5, 5.41) is 3.36. The number of rotatable bonds is 5. The van der Waals surface area contributed by atoms with Gasteiger partial charge >= 0.3 is 12.2 Å². The van der Waals surface area contributed by atoms with Crippen LogP contribution in [0.3, 0.4) is 0 Å². The Morgan fingerprint density at radius 2 is 1.80 bits per heavy atom. The zero-order chi connectivity index (χ0) is 22.5. The molecule has 0 aliphatic carbocycles. The number of carbonyl (C=O) groups excluding carboxylic acids is 2. The summed E-state index contributed by atoms with van der Waals surface area (Å²) in [7, 11) is 0. The van der Waals surface area contributed by atoms with Crippen molar-refractivity contribution in [3.05, 3.63) is 30.1 Å². The van der Waals surface area contributed by atoms with E-state index in [0.717, 1.165) is 11.3 Å². The number of hydrogen-bond donors (Lipinski definition) is 2. The number of anilines is 3. The molecule has 2 amide bonds. The maximum absolute atomic E-state index is 12.7. The molecule has 9 nitrogen and oxygen atoms in total. The molecule has 0 unspecified atom stereocenters. The molecule has 164 valence electrons. The predicted octanol–water partition coefficient (Wildman–Crippen LogP) is 4.45. The number of hydrogen-bond acceptors (Lipinski definition) is 8. The Kier molecular flexibility index (Phi) is 7.25. The molecule has 30 heavy (non-hydrogen) atoms. The summed E-state index contributed by atoms with van der Waals surface area (Å²) in [6, 6.07) is 5.29. The van der Waals surface area contributed by atoms with Crippen molar-refractivity contribution in [3.63, 3.8) is 0 Å². The highest BCUT2D eigenvalue weighted by molar-refractivity contribution is 7.19. The molecule has 0 radical (unpaired) electrons. The second kappa shape index (κ2) is 9.29. The van der Waals surface area contributed by atoms with E-state index in [-0.39, 0.29) is 6.54 Å². The molecule has 2 aromatic rings. The molecule has 2 rings (SSSR count). The number of amides is 2. The zero-order valence-corrected chi connectivity index (χ0v) is 19.0. The lowest BCUT2D eigenvalue weighted by Crippen LogP contribution is -2.38. The molecule has 0 aromatic carbocycles. The Balaban J connectivity index is 2.11. The number of nitrogen functional groups attached to an aromatic ring is 1. The van der Waals surface area contributed by atoms with Crippen molar-refractivity contribution in [1.29, 1.82) is 0 Å². The van der Waals surface area contributed by atoms with Gasteiger partial charge in [0.05, 0.1) is 5.69 Å². The highest BCUT2D eigenvalue weighted by atomic mass is 32.1. The second-order valence-electron chi connectivity index (χ2n) is 8.53. The van der Waals surface area contributed by atoms with Crippen LogP contribution in [-0.2, 0) is 15.9 Å². The molecule has 0 aliphatic rings. The van der Waals surface area contributed by atoms with Gasteiger partial charge in [-0.15, -0.1) is 0 Å². The average molecular weight is 436 g/mol. The lowest BCUT2D eigenvalue weighted by molar-refractivity contribution is 0.0577. The van der Waals surface area contributed by atoms with Gasteiger partial charge in [0.25, 0.3) is 0 Å². The number of nitrogens with two attached hydrogens (primary N) is 1. The van der Waals surface area contributed by atoms with Crippen molar-refractivity contribution >= 4 is 39.5 Å². The lowest BCUT2D eigenvalue weighted by Gasteiger charge is -2.26. The first-order valence-electron chi connectivity index (χ1n) is 9.51. The summed E-state index contributed by atoms with van der Waals surface area (Å²) in [4.78, 5) is 34.7. The van der Waals surface area contributed by atoms with Crippen molar-refractivity contribution in [3.8, 4) is 0 Å². The Morgan fingerprint density at radius 3 is 2.37 bits per heavy atom. The molecule has 0 atom stereocenters. The first-order chi connectivity index (χ1) is 13.8. The number of ether oxygens (including phenoxy) is 2. The quantitative estimate of drug-likeness (QED) is 0.712. The Labute approximate surface area is 180 Å². The normalized spacial score (nSPS) is 11.7. The molecular weight excluding hydrogens is 406 g/mol. The maximum atomic E-state index is 12.7. The molecule has 3 N–H and O–H groups in total. The minimum absolute atomic E-state index is 0.256. The largest absolute Gasteiger partial charge is 0.444 e. The summed E-state index contributed by atoms with van der Waals surface area (Å²) < 4.78 is 10.7. The lowest BCUT2D eigenvalue weighted by atomic mass is 10.2. The van der Waals surface area contributed by atoms with E-state index in [1.165, 1.54) is 4.90 Å². The van der Waals surface area contributed by atoms with Gasteiger partial charge in [0.15, 0.2) is 5.13 Å². The van der Waals surface area contributed by atoms with Gasteiger partial charge < -0.3 is 15.2 Å². The van der Waals surface area contributed by atoms with E-state index in [4.69, 9.17) is 15.2 Å². The van der Waals surface area contributed by atoms with Gasteiger partial charge in [-0.1, -0.05) is 17.4 Å². The van der Waals surface area contributed by atoms with Gasteiger partial charge in [-0.2, -0.15) is 0 Å². The van der Waals surface area contributed by atoms with E-state index in [2.05, 4.69) is 15.3 Å². The van der Waals surface area contributed by atoms with Gasteiger partial charge in [0.1, 0.15) is 22.0 Å². The number of aromatic nitrogens is 2. The minimum atomic E-state index is -0.645. The van der Waals surface area contributed by atoms with Crippen LogP contribution in [0, 0.1) is 0 Å². The molecule has 2 heterocycles. The summed E-state index contributed by atoms with van der Waals surface area (Å²) in [5.41, 5.74) is 5.36. The van der Waals surface area contributed by atoms with Crippen LogP contribution in [-0.4, -0.2) is 39.9 Å². The third-order valence-corrected chi connectivity index (χ3v) is 4.29. The van der Waals surface area contributed by atoms with Crippen LogP contribution in [0.1, 0.15) is 47.2 Å². The molecule has 0 spiro atoms. The summed E-state index contributed by atoms with van der Waals surface area (Å²) >= 11 is 1.14. The number of nitrogens with zero attached hydrogens (tertiary/aromatic N) is 3. The molecule has 0 saturated carbocycles. The topological polar surface area (TPSA) is 120 Å². The molecule has 0 aliphatic heterocycles. The van der Waals surface area contributed by atoms with E-state index in [1.807, 2.05) is 0 Å². The first-order valence-corrected chi connectivity index (χ1v) is 10.3. The van der Waals surface area contributed by atoms with Gasteiger partial charge in [-0.25, -0.2) is 19.6 Å².